The highest BCUT2D eigenvalue weighted by Gasteiger charge is 2.17. The van der Waals surface area contributed by atoms with E-state index in [2.05, 4.69) is 5.10 Å². The Morgan fingerprint density at radius 2 is 2.33 bits per heavy atom. The molecule has 0 aliphatic rings. The maximum Gasteiger partial charge on any atom is 0.158 e. The fraction of sp³-hybridized carbons (Fsp3) is 0.625. The van der Waals surface area contributed by atoms with Gasteiger partial charge in [0, 0.05) is 13.6 Å². The van der Waals surface area contributed by atoms with Crippen LogP contribution in [0.15, 0.2) is 12.4 Å². The summed E-state index contributed by atoms with van der Waals surface area (Å²) in [7, 11) is 1.85. The molecule has 0 atom stereocenters. The van der Waals surface area contributed by atoms with Gasteiger partial charge in [-0.3, -0.25) is 4.68 Å². The lowest BCUT2D eigenvalue weighted by Gasteiger charge is -2.23. The minimum atomic E-state index is -0.316. The number of ether oxygens (including phenoxy) is 1. The summed E-state index contributed by atoms with van der Waals surface area (Å²) in [5, 5.41) is 3.99. The van der Waals surface area contributed by atoms with Crippen LogP contribution in [0, 0.1) is 0 Å². The van der Waals surface area contributed by atoms with Crippen LogP contribution in [0.25, 0.3) is 0 Å². The summed E-state index contributed by atoms with van der Waals surface area (Å²) < 4.78 is 7.26. The fourth-order valence-electron chi connectivity index (χ4n) is 0.812. The van der Waals surface area contributed by atoms with E-state index in [-0.39, 0.29) is 5.60 Å². The molecule has 2 N–H and O–H groups in total. The molecule has 0 saturated heterocycles. The molecule has 0 bridgehead atoms. The molecular weight excluding hydrogens is 154 g/mol. The van der Waals surface area contributed by atoms with Crippen LogP contribution in [0.3, 0.4) is 0 Å². The monoisotopic (exact) mass is 169 g/mol. The number of nitrogens with two attached hydrogens (primary N) is 1. The van der Waals surface area contributed by atoms with Crippen molar-refractivity contribution in [3.63, 3.8) is 0 Å². The molecule has 68 valence electrons. The third-order valence-electron chi connectivity index (χ3n) is 1.57. The summed E-state index contributed by atoms with van der Waals surface area (Å²) >= 11 is 0. The van der Waals surface area contributed by atoms with Crippen molar-refractivity contribution in [1.82, 2.24) is 9.78 Å². The fourth-order valence-corrected chi connectivity index (χ4v) is 0.812. The minimum absolute atomic E-state index is 0.316. The zero-order chi connectivity index (χ0) is 9.19. The second-order valence-electron chi connectivity index (χ2n) is 3.42. The van der Waals surface area contributed by atoms with E-state index >= 15 is 0 Å². The van der Waals surface area contributed by atoms with Crippen molar-refractivity contribution < 1.29 is 4.74 Å². The molecule has 0 radical (unpaired) electrons. The molecule has 1 heterocycles. The van der Waals surface area contributed by atoms with E-state index in [1.165, 1.54) is 0 Å². The van der Waals surface area contributed by atoms with E-state index in [9.17, 15) is 0 Å². The Morgan fingerprint density at radius 1 is 1.67 bits per heavy atom. The second-order valence-corrected chi connectivity index (χ2v) is 3.42. The Morgan fingerprint density at radius 3 is 2.75 bits per heavy atom. The molecule has 4 nitrogen and oxygen atoms in total. The van der Waals surface area contributed by atoms with Crippen molar-refractivity contribution in [2.45, 2.75) is 19.4 Å². The van der Waals surface area contributed by atoms with Crippen LogP contribution >= 0.6 is 0 Å². The number of hydrogen-bond donors (Lipinski definition) is 1. The van der Waals surface area contributed by atoms with Crippen molar-refractivity contribution in [3.8, 4) is 5.75 Å². The highest BCUT2D eigenvalue weighted by atomic mass is 16.5. The largest absolute Gasteiger partial charge is 0.483 e. The summed E-state index contributed by atoms with van der Waals surface area (Å²) in [5.41, 5.74) is 5.19. The van der Waals surface area contributed by atoms with Gasteiger partial charge in [0.15, 0.2) is 5.75 Å². The van der Waals surface area contributed by atoms with Gasteiger partial charge in [0.2, 0.25) is 0 Å². The molecule has 0 saturated carbocycles. The van der Waals surface area contributed by atoms with Crippen LogP contribution in [-0.2, 0) is 7.05 Å². The van der Waals surface area contributed by atoms with Gasteiger partial charge in [-0.25, -0.2) is 0 Å². The Kier molecular flexibility index (Phi) is 2.38. The molecule has 0 aliphatic carbocycles. The minimum Gasteiger partial charge on any atom is -0.483 e. The quantitative estimate of drug-likeness (QED) is 0.718. The van der Waals surface area contributed by atoms with Crippen LogP contribution in [0.4, 0.5) is 0 Å². The molecule has 1 rings (SSSR count). The number of nitrogens with zero attached hydrogens (tertiary/aromatic N) is 2. The van der Waals surface area contributed by atoms with Crippen LogP contribution in [0.2, 0.25) is 0 Å². The predicted octanol–water partition coefficient (Wildman–Crippen LogP) is 0.536. The van der Waals surface area contributed by atoms with Crippen molar-refractivity contribution >= 4 is 0 Å². The van der Waals surface area contributed by atoms with Gasteiger partial charge in [-0.15, -0.1) is 0 Å². The molecule has 0 amide bonds. The van der Waals surface area contributed by atoms with Gasteiger partial charge in [0.05, 0.1) is 12.4 Å². The normalized spacial score (nSPS) is 11.7. The van der Waals surface area contributed by atoms with E-state index < -0.39 is 0 Å². The Bertz CT molecular complexity index is 255. The Labute approximate surface area is 72.3 Å². The summed E-state index contributed by atoms with van der Waals surface area (Å²) in [6.07, 6.45) is 3.49. The first-order valence-electron chi connectivity index (χ1n) is 3.91. The lowest BCUT2D eigenvalue weighted by molar-refractivity contribution is 0.118. The van der Waals surface area contributed by atoms with Crippen LogP contribution in [0.5, 0.6) is 5.75 Å². The lowest BCUT2D eigenvalue weighted by Crippen LogP contribution is -2.36. The van der Waals surface area contributed by atoms with Crippen molar-refractivity contribution in [1.29, 1.82) is 0 Å². The molecule has 0 aromatic carbocycles. The molecule has 0 fully saturated rings. The molecule has 0 spiro atoms. The van der Waals surface area contributed by atoms with Gasteiger partial charge in [-0.05, 0) is 13.8 Å². The van der Waals surface area contributed by atoms with E-state index in [1.807, 2.05) is 27.1 Å². The average Bonchev–Trinajstić information content (AvgIpc) is 2.35. The second kappa shape index (κ2) is 3.15. The molecule has 1 aromatic heterocycles. The maximum absolute atomic E-state index is 5.56. The standard InChI is InChI=1S/C8H15N3O/c1-8(2,6-9)12-7-4-10-11(3)5-7/h4-5H,6,9H2,1-3H3. The lowest BCUT2D eigenvalue weighted by atomic mass is 10.1. The Hall–Kier alpha value is -1.03. The first kappa shape index (κ1) is 9.06. The molecule has 12 heavy (non-hydrogen) atoms. The van der Waals surface area contributed by atoms with Crippen LogP contribution < -0.4 is 10.5 Å². The number of aromatic nitrogens is 2. The summed E-state index contributed by atoms with van der Waals surface area (Å²) in [4.78, 5) is 0. The van der Waals surface area contributed by atoms with Crippen LogP contribution in [-0.4, -0.2) is 21.9 Å². The molecule has 0 unspecified atom stereocenters. The van der Waals surface area contributed by atoms with E-state index in [4.69, 9.17) is 10.5 Å². The van der Waals surface area contributed by atoms with Crippen molar-refractivity contribution in [2.75, 3.05) is 6.54 Å². The summed E-state index contributed by atoms with van der Waals surface area (Å²) in [6, 6.07) is 0. The Balaban J connectivity index is 2.63. The number of aryl methyl sites for hydroxylation is 1. The van der Waals surface area contributed by atoms with Crippen LogP contribution in [0.1, 0.15) is 13.8 Å². The average molecular weight is 169 g/mol. The van der Waals surface area contributed by atoms with E-state index in [1.54, 1.807) is 10.9 Å². The third kappa shape index (κ3) is 2.23. The zero-order valence-corrected chi connectivity index (χ0v) is 7.74. The van der Waals surface area contributed by atoms with Gasteiger partial charge >= 0.3 is 0 Å². The summed E-state index contributed by atoms with van der Waals surface area (Å²) in [6.45, 7) is 4.38. The number of hydrogen-bond acceptors (Lipinski definition) is 3. The zero-order valence-electron chi connectivity index (χ0n) is 7.74. The highest BCUT2D eigenvalue weighted by Crippen LogP contribution is 2.15. The molecular formula is C8H15N3O. The number of rotatable bonds is 3. The molecule has 1 aromatic rings. The van der Waals surface area contributed by atoms with Gasteiger partial charge in [0.1, 0.15) is 5.60 Å². The molecule has 0 aliphatic heterocycles. The predicted molar refractivity (Wildman–Crippen MR) is 47.0 cm³/mol. The first-order valence-corrected chi connectivity index (χ1v) is 3.91. The van der Waals surface area contributed by atoms with Gasteiger partial charge in [0.25, 0.3) is 0 Å². The summed E-state index contributed by atoms with van der Waals surface area (Å²) in [5.74, 6) is 0.757. The van der Waals surface area contributed by atoms with E-state index in [0.29, 0.717) is 6.54 Å². The van der Waals surface area contributed by atoms with Gasteiger partial charge < -0.3 is 10.5 Å². The van der Waals surface area contributed by atoms with Crippen molar-refractivity contribution in [3.05, 3.63) is 12.4 Å². The SMILES string of the molecule is Cn1cc(OC(C)(C)CN)cn1. The van der Waals surface area contributed by atoms with Crippen molar-refractivity contribution in [2.24, 2.45) is 12.8 Å². The van der Waals surface area contributed by atoms with Gasteiger partial charge in [-0.1, -0.05) is 0 Å². The first-order chi connectivity index (χ1) is 5.53. The maximum atomic E-state index is 5.56. The van der Waals surface area contributed by atoms with E-state index in [0.717, 1.165) is 5.75 Å². The smallest absolute Gasteiger partial charge is 0.158 e. The highest BCUT2D eigenvalue weighted by molar-refractivity contribution is 5.12. The van der Waals surface area contributed by atoms with Gasteiger partial charge in [-0.2, -0.15) is 5.10 Å². The third-order valence-corrected chi connectivity index (χ3v) is 1.57. The molecule has 4 heteroatoms. The topological polar surface area (TPSA) is 53.1 Å².